The van der Waals surface area contributed by atoms with E-state index < -0.39 is 11.8 Å². The molecule has 0 radical (unpaired) electrons. The minimum atomic E-state index is -0.650. The first-order valence-corrected chi connectivity index (χ1v) is 8.34. The lowest BCUT2D eigenvalue weighted by atomic mass is 9.83. The maximum atomic E-state index is 12.1. The van der Waals surface area contributed by atoms with Gasteiger partial charge in [0.15, 0.2) is 0 Å². The molecule has 0 saturated carbocycles. The zero-order valence-electron chi connectivity index (χ0n) is 16.2. The smallest absolute Gasteiger partial charge is 0.428 e. The monoisotopic (exact) mass is 320 g/mol. The molecule has 0 spiro atoms. The van der Waals surface area contributed by atoms with E-state index in [0.717, 1.165) is 17.5 Å². The molecule has 1 aromatic rings. The molecular weight excluding hydrogens is 288 g/mol. The number of carbonyl (C=O) groups is 1. The van der Waals surface area contributed by atoms with Gasteiger partial charge in [0.25, 0.3) is 0 Å². The highest BCUT2D eigenvalue weighted by Crippen LogP contribution is 2.36. The Balaban J connectivity index is 3.22. The van der Waals surface area contributed by atoms with Crippen LogP contribution in [0.4, 0.5) is 4.79 Å². The van der Waals surface area contributed by atoms with Crippen LogP contribution in [0.5, 0.6) is 5.75 Å². The van der Waals surface area contributed by atoms with E-state index in [4.69, 9.17) is 9.47 Å². The summed E-state index contributed by atoms with van der Waals surface area (Å²) in [5.41, 5.74) is 2.61. The molecule has 0 heterocycles. The van der Waals surface area contributed by atoms with Crippen molar-refractivity contribution in [2.75, 3.05) is 0 Å². The van der Waals surface area contributed by atoms with Gasteiger partial charge in [0.05, 0.1) is 0 Å². The topological polar surface area (TPSA) is 35.5 Å². The van der Waals surface area contributed by atoms with Gasteiger partial charge >= 0.3 is 6.16 Å². The Morgan fingerprint density at radius 2 is 1.65 bits per heavy atom. The Labute approximate surface area is 141 Å². The minimum Gasteiger partial charge on any atom is -0.428 e. The van der Waals surface area contributed by atoms with Gasteiger partial charge in [-0.15, -0.1) is 0 Å². The van der Waals surface area contributed by atoms with E-state index in [1.807, 2.05) is 27.7 Å². The lowest BCUT2D eigenvalue weighted by molar-refractivity contribution is 0.0201. The van der Waals surface area contributed by atoms with Crippen molar-refractivity contribution in [3.8, 4) is 5.75 Å². The normalized spacial score (nSPS) is 12.4. The molecule has 0 atom stereocenters. The van der Waals surface area contributed by atoms with Crippen molar-refractivity contribution in [1.82, 2.24) is 0 Å². The van der Waals surface area contributed by atoms with Gasteiger partial charge in [-0.05, 0) is 56.6 Å². The van der Waals surface area contributed by atoms with Crippen LogP contribution in [0, 0.1) is 12.8 Å². The van der Waals surface area contributed by atoms with Gasteiger partial charge in [-0.3, -0.25) is 0 Å². The molecule has 0 saturated heterocycles. The van der Waals surface area contributed by atoms with E-state index in [-0.39, 0.29) is 5.41 Å². The van der Waals surface area contributed by atoms with Crippen LogP contribution in [0.15, 0.2) is 12.1 Å². The first-order valence-electron chi connectivity index (χ1n) is 8.34. The molecule has 23 heavy (non-hydrogen) atoms. The van der Waals surface area contributed by atoms with E-state index in [0.29, 0.717) is 11.7 Å². The van der Waals surface area contributed by atoms with E-state index in [1.54, 1.807) is 0 Å². The van der Waals surface area contributed by atoms with Gasteiger partial charge in [0.2, 0.25) is 0 Å². The number of benzene rings is 1. The standard InChI is InChI=1S/C20H32O3/c1-13(2)10-15-11-14(3)17(16(12-15)19(4,5)6)22-18(21)23-20(7,8)9/h11-13H,10H2,1-9H3. The summed E-state index contributed by atoms with van der Waals surface area (Å²) in [6, 6.07) is 4.27. The van der Waals surface area contributed by atoms with Crippen LogP contribution in [-0.4, -0.2) is 11.8 Å². The highest BCUT2D eigenvalue weighted by molar-refractivity contribution is 5.66. The Kier molecular flexibility index (Phi) is 5.89. The van der Waals surface area contributed by atoms with Gasteiger partial charge in [0, 0.05) is 5.56 Å². The summed E-state index contributed by atoms with van der Waals surface area (Å²) >= 11 is 0. The molecule has 0 unspecified atom stereocenters. The quantitative estimate of drug-likeness (QED) is 0.521. The Morgan fingerprint density at radius 1 is 1.09 bits per heavy atom. The average Bonchev–Trinajstić information content (AvgIpc) is 2.27. The number of ether oxygens (including phenoxy) is 2. The van der Waals surface area contributed by atoms with E-state index >= 15 is 0 Å². The second-order valence-electron chi connectivity index (χ2n) is 8.70. The fourth-order valence-corrected chi connectivity index (χ4v) is 2.48. The van der Waals surface area contributed by atoms with Crippen LogP contribution in [0.1, 0.15) is 72.1 Å². The van der Waals surface area contributed by atoms with Crippen LogP contribution in [0.2, 0.25) is 0 Å². The average molecular weight is 320 g/mol. The van der Waals surface area contributed by atoms with Gasteiger partial charge in [-0.1, -0.05) is 46.8 Å². The summed E-state index contributed by atoms with van der Waals surface area (Å²) in [6.07, 6.45) is 0.360. The highest BCUT2D eigenvalue weighted by Gasteiger charge is 2.25. The molecule has 3 heteroatoms. The second-order valence-corrected chi connectivity index (χ2v) is 8.70. The molecule has 130 valence electrons. The molecule has 1 rings (SSSR count). The molecule has 0 N–H and O–H groups in total. The van der Waals surface area contributed by atoms with Crippen molar-refractivity contribution in [1.29, 1.82) is 0 Å². The van der Waals surface area contributed by atoms with E-state index in [2.05, 4.69) is 46.8 Å². The Bertz CT molecular complexity index is 557. The minimum absolute atomic E-state index is 0.116. The molecule has 0 aromatic heterocycles. The fourth-order valence-electron chi connectivity index (χ4n) is 2.48. The lowest BCUT2D eigenvalue weighted by Gasteiger charge is -2.26. The third-order valence-corrected chi connectivity index (χ3v) is 3.36. The maximum absolute atomic E-state index is 12.1. The molecule has 0 amide bonds. The zero-order chi connectivity index (χ0) is 18.0. The Morgan fingerprint density at radius 3 is 2.09 bits per heavy atom. The third-order valence-electron chi connectivity index (χ3n) is 3.36. The van der Waals surface area contributed by atoms with Crippen LogP contribution in [0.25, 0.3) is 0 Å². The van der Waals surface area contributed by atoms with Crippen molar-refractivity contribution in [2.24, 2.45) is 5.92 Å². The summed E-state index contributed by atoms with van der Waals surface area (Å²) in [6.45, 7) is 18.3. The summed E-state index contributed by atoms with van der Waals surface area (Å²) in [5.74, 6) is 1.21. The van der Waals surface area contributed by atoms with Gasteiger partial charge in [0.1, 0.15) is 11.4 Å². The number of aryl methyl sites for hydroxylation is 1. The molecule has 1 aromatic carbocycles. The SMILES string of the molecule is Cc1cc(CC(C)C)cc(C(C)(C)C)c1OC(=O)OC(C)(C)C. The molecule has 0 aliphatic heterocycles. The van der Waals surface area contributed by atoms with Crippen molar-refractivity contribution in [2.45, 2.75) is 79.8 Å². The van der Waals surface area contributed by atoms with Crippen LogP contribution >= 0.6 is 0 Å². The predicted octanol–water partition coefficient (Wildman–Crippen LogP) is 5.80. The highest BCUT2D eigenvalue weighted by atomic mass is 16.7. The van der Waals surface area contributed by atoms with Gasteiger partial charge < -0.3 is 9.47 Å². The number of hydrogen-bond acceptors (Lipinski definition) is 3. The first-order chi connectivity index (χ1) is 10.3. The lowest BCUT2D eigenvalue weighted by Crippen LogP contribution is -2.27. The van der Waals surface area contributed by atoms with Crippen LogP contribution in [-0.2, 0) is 16.6 Å². The molecule has 0 bridgehead atoms. The number of hydrogen-bond donors (Lipinski definition) is 0. The molecular formula is C20H32O3. The second kappa shape index (κ2) is 6.94. The fraction of sp³-hybridized carbons (Fsp3) is 0.650. The van der Waals surface area contributed by atoms with Crippen molar-refractivity contribution >= 4 is 6.16 Å². The van der Waals surface area contributed by atoms with Crippen molar-refractivity contribution in [3.05, 3.63) is 28.8 Å². The molecule has 3 nitrogen and oxygen atoms in total. The van der Waals surface area contributed by atoms with Crippen molar-refractivity contribution in [3.63, 3.8) is 0 Å². The van der Waals surface area contributed by atoms with E-state index in [9.17, 15) is 4.79 Å². The van der Waals surface area contributed by atoms with Gasteiger partial charge in [-0.2, -0.15) is 0 Å². The number of carbonyl (C=O) groups excluding carboxylic acids is 1. The van der Waals surface area contributed by atoms with Crippen LogP contribution in [0.3, 0.4) is 0 Å². The summed E-state index contributed by atoms with van der Waals surface area (Å²) in [5, 5.41) is 0. The van der Waals surface area contributed by atoms with Crippen molar-refractivity contribution < 1.29 is 14.3 Å². The van der Waals surface area contributed by atoms with E-state index in [1.165, 1.54) is 5.56 Å². The number of rotatable bonds is 3. The molecule has 0 fully saturated rings. The summed E-state index contributed by atoms with van der Waals surface area (Å²) in [7, 11) is 0. The maximum Gasteiger partial charge on any atom is 0.514 e. The summed E-state index contributed by atoms with van der Waals surface area (Å²) < 4.78 is 10.9. The Hall–Kier alpha value is -1.51. The summed E-state index contributed by atoms with van der Waals surface area (Å²) in [4.78, 5) is 12.1. The van der Waals surface area contributed by atoms with Crippen LogP contribution < -0.4 is 4.74 Å². The molecule has 0 aliphatic rings. The first kappa shape index (κ1) is 19.5. The third kappa shape index (κ3) is 6.25. The van der Waals surface area contributed by atoms with Gasteiger partial charge in [-0.25, -0.2) is 4.79 Å². The predicted molar refractivity (Wildman–Crippen MR) is 95.3 cm³/mol. The zero-order valence-corrected chi connectivity index (χ0v) is 16.2. The molecule has 0 aliphatic carbocycles. The largest absolute Gasteiger partial charge is 0.514 e.